The first-order chi connectivity index (χ1) is 23.1. The number of anilines is 2. The minimum Gasteiger partial charge on any atom is -0.472 e. The first-order valence-corrected chi connectivity index (χ1v) is 16.7. The predicted molar refractivity (Wildman–Crippen MR) is 177 cm³/mol. The zero-order valence-electron chi connectivity index (χ0n) is 26.6. The molecule has 4 atom stereocenters. The molecule has 4 fully saturated rings. The number of aromatic nitrogens is 3. The Labute approximate surface area is 276 Å². The van der Waals surface area contributed by atoms with Crippen LogP contribution >= 0.6 is 0 Å². The van der Waals surface area contributed by atoms with Crippen molar-refractivity contribution in [3.05, 3.63) is 41.7 Å². The summed E-state index contributed by atoms with van der Waals surface area (Å²) in [6.45, 7) is 3.57. The van der Waals surface area contributed by atoms with Crippen molar-refractivity contribution in [3.8, 4) is 35.5 Å². The molecule has 5 aliphatic rings. The minimum absolute atomic E-state index is 0.0217. The van der Waals surface area contributed by atoms with Crippen molar-refractivity contribution in [3.63, 3.8) is 0 Å². The van der Waals surface area contributed by atoms with Crippen molar-refractivity contribution < 1.29 is 22.6 Å². The lowest BCUT2D eigenvalue weighted by molar-refractivity contribution is 0.00932. The monoisotopic (exact) mass is 655 g/mol. The highest BCUT2D eigenvalue weighted by Gasteiger charge is 2.50. The standard InChI is InChI=1S/C36H36F3N7O2/c1-3-20-5-4-6-21-13-22(40)14-24(26(20)21)29-28(37)30-27-32(46-15-23-7-8-25(41-23)31(46)19(2)48-33(27)42-29)44-34(43-30)47-18-35(9-10-35)16-45-12-11-36(38,39)17-45/h1,4-6,13-14,19,23,25,31,41H,7-12,15-18,40H2,2H3/t19-,23+,25-,31+/m0/s1. The van der Waals surface area contributed by atoms with Crippen LogP contribution in [0, 0.1) is 23.6 Å². The lowest BCUT2D eigenvalue weighted by Gasteiger charge is -2.42. The van der Waals surface area contributed by atoms with Crippen LogP contribution in [0.1, 0.15) is 44.6 Å². The number of benzene rings is 2. The average Bonchev–Trinajstić information content (AvgIpc) is 3.63. The van der Waals surface area contributed by atoms with E-state index in [9.17, 15) is 8.78 Å². The van der Waals surface area contributed by atoms with Crippen LogP contribution in [0.2, 0.25) is 0 Å². The number of nitrogens with two attached hydrogens (primary N) is 1. The summed E-state index contributed by atoms with van der Waals surface area (Å²) in [4.78, 5) is 18.5. The van der Waals surface area contributed by atoms with Crippen LogP contribution in [-0.2, 0) is 0 Å². The van der Waals surface area contributed by atoms with Crippen LogP contribution in [0.3, 0.4) is 0 Å². The van der Waals surface area contributed by atoms with E-state index >= 15 is 4.39 Å². The number of fused-ring (bicyclic) bond motifs is 6. The number of halogens is 3. The zero-order valence-corrected chi connectivity index (χ0v) is 26.6. The summed E-state index contributed by atoms with van der Waals surface area (Å²) >= 11 is 0. The number of ether oxygens (including phenoxy) is 2. The molecule has 1 saturated carbocycles. The molecule has 0 radical (unpaired) electrons. The van der Waals surface area contributed by atoms with Crippen molar-refractivity contribution in [2.45, 2.75) is 69.2 Å². The summed E-state index contributed by atoms with van der Waals surface area (Å²) < 4.78 is 57.9. The van der Waals surface area contributed by atoms with Crippen LogP contribution in [0.5, 0.6) is 11.9 Å². The number of nitrogens with one attached hydrogen (secondary N) is 1. The van der Waals surface area contributed by atoms with Crippen LogP contribution in [-0.4, -0.2) is 82.8 Å². The van der Waals surface area contributed by atoms with Gasteiger partial charge in [-0.15, -0.1) is 6.42 Å². The number of terminal acetylenes is 1. The fourth-order valence-electron chi connectivity index (χ4n) is 8.45. The summed E-state index contributed by atoms with van der Waals surface area (Å²) in [5.74, 6) is 0.173. The molecule has 2 bridgehead atoms. The van der Waals surface area contributed by atoms with Gasteiger partial charge in [0.2, 0.25) is 5.88 Å². The molecule has 0 unspecified atom stereocenters. The van der Waals surface area contributed by atoms with Gasteiger partial charge in [-0.1, -0.05) is 18.1 Å². The molecule has 3 saturated heterocycles. The number of nitrogens with zero attached hydrogens (tertiary/aromatic N) is 5. The van der Waals surface area contributed by atoms with Crippen molar-refractivity contribution in [1.29, 1.82) is 0 Å². The largest absolute Gasteiger partial charge is 0.472 e. The zero-order chi connectivity index (χ0) is 32.9. The van der Waals surface area contributed by atoms with E-state index in [1.54, 1.807) is 18.2 Å². The molecule has 12 heteroatoms. The van der Waals surface area contributed by atoms with E-state index in [0.29, 0.717) is 53.0 Å². The van der Waals surface area contributed by atoms with E-state index < -0.39 is 11.7 Å². The minimum atomic E-state index is -2.66. The van der Waals surface area contributed by atoms with Crippen molar-refractivity contribution >= 4 is 33.2 Å². The summed E-state index contributed by atoms with van der Waals surface area (Å²) in [5.41, 5.74) is 7.58. The predicted octanol–water partition coefficient (Wildman–Crippen LogP) is 5.14. The molecule has 0 amide bonds. The first-order valence-electron chi connectivity index (χ1n) is 16.7. The number of alkyl halides is 2. The molecule has 48 heavy (non-hydrogen) atoms. The van der Waals surface area contributed by atoms with Gasteiger partial charge < -0.3 is 25.4 Å². The normalized spacial score (nSPS) is 26.6. The Hall–Kier alpha value is -4.34. The second-order valence-electron chi connectivity index (χ2n) is 14.4. The van der Waals surface area contributed by atoms with Gasteiger partial charge in [-0.3, -0.25) is 4.90 Å². The Morgan fingerprint density at radius 1 is 1.15 bits per heavy atom. The van der Waals surface area contributed by atoms with Crippen molar-refractivity contribution in [2.75, 3.05) is 43.4 Å². The Balaban J connectivity index is 1.19. The third-order valence-corrected chi connectivity index (χ3v) is 10.9. The van der Waals surface area contributed by atoms with E-state index in [1.807, 2.05) is 24.0 Å². The van der Waals surface area contributed by atoms with Gasteiger partial charge in [0.15, 0.2) is 5.82 Å². The fraction of sp³-hybridized carbons (Fsp3) is 0.472. The number of hydrogen-bond donors (Lipinski definition) is 2. The molecule has 9 rings (SSSR count). The van der Waals surface area contributed by atoms with Crippen LogP contribution in [0.4, 0.5) is 24.7 Å². The lowest BCUT2D eigenvalue weighted by Crippen LogP contribution is -2.62. The fourth-order valence-corrected chi connectivity index (χ4v) is 8.45. The number of nitrogen functional groups attached to an aromatic ring is 1. The molecule has 3 N–H and O–H groups in total. The quantitative estimate of drug-likeness (QED) is 0.216. The molecule has 9 nitrogen and oxygen atoms in total. The Kier molecular flexibility index (Phi) is 6.56. The van der Waals surface area contributed by atoms with E-state index in [0.717, 1.165) is 31.1 Å². The van der Waals surface area contributed by atoms with Gasteiger partial charge in [-0.25, -0.2) is 18.2 Å². The summed E-state index contributed by atoms with van der Waals surface area (Å²) in [5, 5.41) is 5.53. The number of piperazine rings is 1. The Bertz CT molecular complexity index is 2030. The highest BCUT2D eigenvalue weighted by molar-refractivity contribution is 6.04. The van der Waals surface area contributed by atoms with E-state index in [-0.39, 0.29) is 72.3 Å². The molecular weight excluding hydrogens is 619 g/mol. The summed E-state index contributed by atoms with van der Waals surface area (Å²) in [7, 11) is 0. The van der Waals surface area contributed by atoms with E-state index in [4.69, 9.17) is 31.6 Å². The number of hydrogen-bond acceptors (Lipinski definition) is 9. The molecule has 2 aromatic carbocycles. The number of likely N-dealkylation sites (tertiary alicyclic amines) is 1. The van der Waals surface area contributed by atoms with Crippen molar-refractivity contribution in [1.82, 2.24) is 25.2 Å². The van der Waals surface area contributed by atoms with E-state index in [2.05, 4.69) is 21.1 Å². The average molecular weight is 656 g/mol. The van der Waals surface area contributed by atoms with Crippen LogP contribution < -0.4 is 25.4 Å². The number of pyridine rings is 1. The Morgan fingerprint density at radius 2 is 2.00 bits per heavy atom. The number of rotatable bonds is 6. The molecular formula is C36H36F3N7O2. The Morgan fingerprint density at radius 3 is 2.77 bits per heavy atom. The molecule has 4 aromatic rings. The maximum atomic E-state index is 17.1. The van der Waals surface area contributed by atoms with Gasteiger partial charge in [-0.2, -0.15) is 9.97 Å². The first kappa shape index (κ1) is 29.8. The molecule has 6 heterocycles. The second-order valence-corrected chi connectivity index (χ2v) is 14.4. The molecule has 4 aliphatic heterocycles. The van der Waals surface area contributed by atoms with E-state index in [1.165, 1.54) is 0 Å². The van der Waals surface area contributed by atoms with Gasteiger partial charge in [0, 0.05) is 65.8 Å². The summed E-state index contributed by atoms with van der Waals surface area (Å²) in [6.07, 6.45) is 9.20. The van der Waals surface area contributed by atoms with Gasteiger partial charge >= 0.3 is 6.01 Å². The smallest absolute Gasteiger partial charge is 0.319 e. The van der Waals surface area contributed by atoms with Crippen LogP contribution in [0.15, 0.2) is 30.3 Å². The summed E-state index contributed by atoms with van der Waals surface area (Å²) in [6, 6.07) is 9.39. The third kappa shape index (κ3) is 4.81. The maximum absolute atomic E-state index is 17.1. The highest BCUT2D eigenvalue weighted by atomic mass is 19.3. The topological polar surface area (TPSA) is 102 Å². The molecule has 248 valence electrons. The maximum Gasteiger partial charge on any atom is 0.319 e. The molecule has 2 aromatic heterocycles. The molecule has 0 spiro atoms. The molecule has 1 aliphatic carbocycles. The van der Waals surface area contributed by atoms with Gasteiger partial charge in [0.1, 0.15) is 28.5 Å². The third-order valence-electron chi connectivity index (χ3n) is 10.9. The lowest BCUT2D eigenvalue weighted by atomic mass is 9.96. The van der Waals surface area contributed by atoms with Crippen molar-refractivity contribution in [2.24, 2.45) is 5.41 Å². The SMILES string of the molecule is C#Cc1cccc2cc(N)cc(-c3nc4c5c(nc(OCC6(CN7CCC(F)(F)C7)CC6)nc5c3F)N3C[C@H]5CC[C@H](N5)[C@H]3[C@H](C)O4)c12. The van der Waals surface area contributed by atoms with Gasteiger partial charge in [0.05, 0.1) is 19.2 Å². The second kappa shape index (κ2) is 10.6. The van der Waals surface area contributed by atoms with Gasteiger partial charge in [-0.05, 0) is 56.2 Å². The van der Waals surface area contributed by atoms with Crippen LogP contribution in [0.25, 0.3) is 32.9 Å². The highest BCUT2D eigenvalue weighted by Crippen LogP contribution is 2.49. The van der Waals surface area contributed by atoms with Gasteiger partial charge in [0.25, 0.3) is 5.92 Å².